The minimum atomic E-state index is -0.218. The Kier molecular flexibility index (Phi) is 2.69. The predicted molar refractivity (Wildman–Crippen MR) is 47.4 cm³/mol. The summed E-state index contributed by atoms with van der Waals surface area (Å²) in [6, 6.07) is 0. The van der Waals surface area contributed by atoms with Crippen molar-refractivity contribution in [2.75, 3.05) is 27.2 Å². The van der Waals surface area contributed by atoms with E-state index in [0.717, 1.165) is 19.5 Å². The molecule has 0 radical (unpaired) electrons. The number of rotatable bonds is 2. The molecule has 0 bridgehead atoms. The lowest BCUT2D eigenvalue weighted by molar-refractivity contribution is -0.133. The molecule has 1 atom stereocenters. The monoisotopic (exact) mass is 171 g/mol. The molecule has 1 unspecified atom stereocenters. The van der Waals surface area contributed by atoms with Gasteiger partial charge in [-0.2, -0.15) is 0 Å². The molecule has 4 heteroatoms. The van der Waals surface area contributed by atoms with Crippen LogP contribution in [0.5, 0.6) is 0 Å². The van der Waals surface area contributed by atoms with Crippen LogP contribution in [0.4, 0.5) is 0 Å². The van der Waals surface area contributed by atoms with Crippen molar-refractivity contribution in [3.63, 3.8) is 0 Å². The van der Waals surface area contributed by atoms with E-state index in [-0.39, 0.29) is 11.3 Å². The van der Waals surface area contributed by atoms with E-state index in [1.165, 1.54) is 0 Å². The van der Waals surface area contributed by atoms with Crippen molar-refractivity contribution < 1.29 is 4.79 Å². The first kappa shape index (κ1) is 9.48. The summed E-state index contributed by atoms with van der Waals surface area (Å²) in [5, 5.41) is 4.87. The van der Waals surface area contributed by atoms with Gasteiger partial charge in [-0.25, -0.2) is 5.01 Å². The molecular formula is C8H17N3O. The van der Waals surface area contributed by atoms with Crippen LogP contribution in [-0.4, -0.2) is 38.1 Å². The molecule has 0 aliphatic carbocycles. The first-order valence-corrected chi connectivity index (χ1v) is 4.24. The highest BCUT2D eigenvalue weighted by molar-refractivity contribution is 5.82. The topological polar surface area (TPSA) is 44.4 Å². The highest BCUT2D eigenvalue weighted by atomic mass is 16.2. The largest absolute Gasteiger partial charge is 0.316 e. The zero-order chi connectivity index (χ0) is 9.19. The van der Waals surface area contributed by atoms with Crippen molar-refractivity contribution in [2.45, 2.75) is 13.3 Å². The predicted octanol–water partition coefficient (Wildman–Crippen LogP) is -0.421. The average Bonchev–Trinajstić information content (AvgIpc) is 2.36. The number of nitrogens with zero attached hydrogens (tertiary/aromatic N) is 1. The van der Waals surface area contributed by atoms with Gasteiger partial charge in [0.25, 0.3) is 0 Å². The van der Waals surface area contributed by atoms with Crippen LogP contribution in [-0.2, 0) is 4.79 Å². The third-order valence-corrected chi connectivity index (χ3v) is 2.24. The highest BCUT2D eigenvalue weighted by Gasteiger charge is 2.36. The lowest BCUT2D eigenvalue weighted by Crippen LogP contribution is -2.46. The normalized spacial score (nSPS) is 29.3. The second-order valence-electron chi connectivity index (χ2n) is 3.82. The van der Waals surface area contributed by atoms with Gasteiger partial charge in [0.1, 0.15) is 0 Å². The van der Waals surface area contributed by atoms with E-state index < -0.39 is 0 Å². The van der Waals surface area contributed by atoms with Crippen molar-refractivity contribution in [1.82, 2.24) is 15.8 Å². The Hall–Kier alpha value is -0.610. The molecule has 1 heterocycles. The fourth-order valence-corrected chi connectivity index (χ4v) is 1.35. The lowest BCUT2D eigenvalue weighted by Gasteiger charge is -2.23. The van der Waals surface area contributed by atoms with Gasteiger partial charge >= 0.3 is 0 Å². The van der Waals surface area contributed by atoms with Gasteiger partial charge in [0.2, 0.25) is 5.91 Å². The molecule has 0 aromatic carbocycles. The fourth-order valence-electron chi connectivity index (χ4n) is 1.35. The molecule has 1 fully saturated rings. The summed E-state index contributed by atoms with van der Waals surface area (Å²) in [6.45, 7) is 3.72. The second kappa shape index (κ2) is 3.41. The molecule has 1 amide bonds. The van der Waals surface area contributed by atoms with Crippen molar-refractivity contribution in [1.29, 1.82) is 0 Å². The van der Waals surface area contributed by atoms with Crippen LogP contribution in [0.25, 0.3) is 0 Å². The molecular weight excluding hydrogens is 154 g/mol. The van der Waals surface area contributed by atoms with Crippen LogP contribution >= 0.6 is 0 Å². The molecule has 1 saturated heterocycles. The first-order valence-electron chi connectivity index (χ1n) is 4.24. The van der Waals surface area contributed by atoms with Crippen LogP contribution in [0.3, 0.4) is 0 Å². The summed E-state index contributed by atoms with van der Waals surface area (Å²) in [5.41, 5.74) is 2.56. The van der Waals surface area contributed by atoms with Crippen LogP contribution < -0.4 is 10.7 Å². The van der Waals surface area contributed by atoms with Crippen molar-refractivity contribution in [3.05, 3.63) is 0 Å². The lowest BCUT2D eigenvalue weighted by atomic mass is 9.89. The molecule has 0 saturated carbocycles. The zero-order valence-corrected chi connectivity index (χ0v) is 7.98. The summed E-state index contributed by atoms with van der Waals surface area (Å²) in [5.74, 6) is 0.109. The van der Waals surface area contributed by atoms with Crippen LogP contribution in [0.1, 0.15) is 13.3 Å². The maximum atomic E-state index is 11.6. The number of hydrogen-bond donors (Lipinski definition) is 2. The van der Waals surface area contributed by atoms with E-state index >= 15 is 0 Å². The molecule has 0 aromatic rings. The van der Waals surface area contributed by atoms with E-state index in [1.807, 2.05) is 21.0 Å². The van der Waals surface area contributed by atoms with E-state index in [9.17, 15) is 4.79 Å². The fraction of sp³-hybridized carbons (Fsp3) is 0.875. The second-order valence-corrected chi connectivity index (χ2v) is 3.82. The van der Waals surface area contributed by atoms with E-state index in [4.69, 9.17) is 0 Å². The van der Waals surface area contributed by atoms with E-state index in [0.29, 0.717) is 0 Å². The Morgan fingerprint density at radius 3 is 2.67 bits per heavy atom. The van der Waals surface area contributed by atoms with Crippen LogP contribution in [0.2, 0.25) is 0 Å². The van der Waals surface area contributed by atoms with Crippen molar-refractivity contribution in [2.24, 2.45) is 5.41 Å². The van der Waals surface area contributed by atoms with Gasteiger partial charge in [0.05, 0.1) is 5.41 Å². The molecule has 1 rings (SSSR count). The molecule has 1 aliphatic rings. The number of hydrogen-bond acceptors (Lipinski definition) is 3. The number of carbonyl (C=O) groups is 1. The minimum Gasteiger partial charge on any atom is -0.316 e. The number of amides is 1. The van der Waals surface area contributed by atoms with E-state index in [2.05, 4.69) is 10.7 Å². The number of carbonyl (C=O) groups excluding carboxylic acids is 1. The maximum Gasteiger partial charge on any atom is 0.241 e. The smallest absolute Gasteiger partial charge is 0.241 e. The van der Waals surface area contributed by atoms with Gasteiger partial charge < -0.3 is 5.32 Å². The minimum absolute atomic E-state index is 0.109. The first-order chi connectivity index (χ1) is 5.54. The summed E-state index contributed by atoms with van der Waals surface area (Å²) in [7, 11) is 3.65. The Morgan fingerprint density at radius 2 is 2.25 bits per heavy atom. The molecule has 12 heavy (non-hydrogen) atoms. The Labute approximate surface area is 73.3 Å². The number of nitrogens with one attached hydrogen (secondary N) is 2. The van der Waals surface area contributed by atoms with Gasteiger partial charge in [-0.1, -0.05) is 0 Å². The molecule has 0 spiro atoms. The summed E-state index contributed by atoms with van der Waals surface area (Å²) in [4.78, 5) is 11.6. The zero-order valence-electron chi connectivity index (χ0n) is 7.98. The Balaban J connectivity index is 2.50. The van der Waals surface area contributed by atoms with Gasteiger partial charge in [0.15, 0.2) is 0 Å². The van der Waals surface area contributed by atoms with Crippen LogP contribution in [0.15, 0.2) is 0 Å². The third kappa shape index (κ3) is 1.95. The standard InChI is InChI=1S/C8H17N3O/c1-8(4-5-9-6-8)7(12)10-11(2)3/h9H,4-6H2,1-3H3,(H,10,12). The summed E-state index contributed by atoms with van der Waals surface area (Å²) < 4.78 is 0. The van der Waals surface area contributed by atoms with Crippen molar-refractivity contribution >= 4 is 5.91 Å². The Morgan fingerprint density at radius 1 is 1.58 bits per heavy atom. The highest BCUT2D eigenvalue weighted by Crippen LogP contribution is 2.24. The van der Waals surface area contributed by atoms with Crippen LogP contribution in [0, 0.1) is 5.41 Å². The van der Waals surface area contributed by atoms with Gasteiger partial charge in [-0.15, -0.1) is 0 Å². The van der Waals surface area contributed by atoms with Crippen molar-refractivity contribution in [3.8, 4) is 0 Å². The average molecular weight is 171 g/mol. The molecule has 2 N–H and O–H groups in total. The van der Waals surface area contributed by atoms with Gasteiger partial charge in [0, 0.05) is 20.6 Å². The van der Waals surface area contributed by atoms with E-state index in [1.54, 1.807) is 5.01 Å². The number of hydrazine groups is 1. The molecule has 1 aliphatic heterocycles. The summed E-state index contributed by atoms with van der Waals surface area (Å²) in [6.07, 6.45) is 0.923. The summed E-state index contributed by atoms with van der Waals surface area (Å²) >= 11 is 0. The quantitative estimate of drug-likeness (QED) is 0.555. The molecule has 0 aromatic heterocycles. The maximum absolute atomic E-state index is 11.6. The third-order valence-electron chi connectivity index (χ3n) is 2.24. The van der Waals surface area contributed by atoms with Gasteiger partial charge in [-0.05, 0) is 19.9 Å². The van der Waals surface area contributed by atoms with Gasteiger partial charge in [-0.3, -0.25) is 10.2 Å². The Bertz CT molecular complexity index is 173. The SMILES string of the molecule is CN(C)NC(=O)C1(C)CCNC1. The molecule has 70 valence electrons. The molecule has 4 nitrogen and oxygen atoms in total.